The second-order valence-electron chi connectivity index (χ2n) is 2.09. The van der Waals surface area contributed by atoms with Crippen LogP contribution in [0.25, 0.3) is 0 Å². The van der Waals surface area contributed by atoms with Gasteiger partial charge in [0.25, 0.3) is 0 Å². The molecular formula is C8H8BrI. The zero-order valence-electron chi connectivity index (χ0n) is 5.70. The van der Waals surface area contributed by atoms with Crippen molar-refractivity contribution < 1.29 is 0 Å². The van der Waals surface area contributed by atoms with Gasteiger partial charge in [-0.2, -0.15) is 0 Å². The van der Waals surface area contributed by atoms with Gasteiger partial charge >= 0.3 is 0 Å². The van der Waals surface area contributed by atoms with E-state index in [-0.39, 0.29) is 0 Å². The molecule has 0 aliphatic heterocycles. The molecule has 0 heterocycles. The average Bonchev–Trinajstić information content (AvgIpc) is 1.94. The monoisotopic (exact) mass is 310 g/mol. The van der Waals surface area contributed by atoms with Crippen molar-refractivity contribution >= 4 is 38.5 Å². The zero-order chi connectivity index (χ0) is 7.56. The third-order valence-corrected chi connectivity index (χ3v) is 2.83. The molecule has 1 rings (SSSR count). The van der Waals surface area contributed by atoms with Crippen molar-refractivity contribution in [2.24, 2.45) is 0 Å². The smallest absolute Gasteiger partial charge is 0.0207 e. The summed E-state index contributed by atoms with van der Waals surface area (Å²) in [5.41, 5.74) is 1.38. The first kappa shape index (κ1) is 8.53. The Labute approximate surface area is 83.3 Å². The van der Waals surface area contributed by atoms with E-state index in [9.17, 15) is 0 Å². The molecular weight excluding hydrogens is 303 g/mol. The third kappa shape index (κ3) is 1.95. The first-order valence-corrected chi connectivity index (χ1v) is 5.05. The highest BCUT2D eigenvalue weighted by atomic mass is 127. The Balaban J connectivity index is 3.09. The summed E-state index contributed by atoms with van der Waals surface area (Å²) in [5, 5.41) is 0. The molecule has 0 N–H and O–H groups in total. The summed E-state index contributed by atoms with van der Waals surface area (Å²) >= 11 is 5.81. The van der Waals surface area contributed by atoms with E-state index >= 15 is 0 Å². The second kappa shape index (κ2) is 3.72. The highest BCUT2D eigenvalue weighted by molar-refractivity contribution is 14.1. The van der Waals surface area contributed by atoms with Gasteiger partial charge in [-0.3, -0.25) is 0 Å². The van der Waals surface area contributed by atoms with E-state index in [1.54, 1.807) is 0 Å². The van der Waals surface area contributed by atoms with Crippen LogP contribution in [-0.2, 0) is 6.42 Å². The molecule has 0 unspecified atom stereocenters. The predicted molar refractivity (Wildman–Crippen MR) is 56.2 cm³/mol. The lowest BCUT2D eigenvalue weighted by molar-refractivity contribution is 1.12. The van der Waals surface area contributed by atoms with Gasteiger partial charge in [0, 0.05) is 8.04 Å². The first-order valence-electron chi connectivity index (χ1n) is 3.18. The summed E-state index contributed by atoms with van der Waals surface area (Å²) in [6, 6.07) is 6.40. The fraction of sp³-hybridized carbons (Fsp3) is 0.250. The molecule has 54 valence electrons. The van der Waals surface area contributed by atoms with Gasteiger partial charge in [0.05, 0.1) is 0 Å². The van der Waals surface area contributed by atoms with Crippen molar-refractivity contribution in [3.8, 4) is 0 Å². The molecule has 0 fully saturated rings. The lowest BCUT2D eigenvalue weighted by atomic mass is 10.2. The van der Waals surface area contributed by atoms with E-state index in [1.165, 1.54) is 13.6 Å². The van der Waals surface area contributed by atoms with E-state index in [0.717, 1.165) is 6.42 Å². The van der Waals surface area contributed by atoms with Crippen molar-refractivity contribution in [1.29, 1.82) is 0 Å². The number of rotatable bonds is 1. The standard InChI is InChI=1S/C8H8BrI/c1-2-6-5-7(10)3-4-8(6)9/h3-5H,2H2,1H3. The summed E-state index contributed by atoms with van der Waals surface area (Å²) in [6.45, 7) is 2.16. The molecule has 0 nitrogen and oxygen atoms in total. The SMILES string of the molecule is CCc1cc(I)ccc1Br. The Kier molecular flexibility index (Phi) is 3.17. The van der Waals surface area contributed by atoms with E-state index in [0.29, 0.717) is 0 Å². The van der Waals surface area contributed by atoms with Crippen LogP contribution in [0.5, 0.6) is 0 Å². The van der Waals surface area contributed by atoms with Crippen molar-refractivity contribution in [2.75, 3.05) is 0 Å². The van der Waals surface area contributed by atoms with Gasteiger partial charge in [-0.05, 0) is 52.8 Å². The Morgan fingerprint density at radius 1 is 1.50 bits per heavy atom. The number of hydrogen-bond donors (Lipinski definition) is 0. The number of aryl methyl sites for hydroxylation is 1. The van der Waals surface area contributed by atoms with Crippen LogP contribution in [0, 0.1) is 3.57 Å². The maximum absolute atomic E-state index is 3.49. The Hall–Kier alpha value is 0.430. The molecule has 1 aromatic carbocycles. The zero-order valence-corrected chi connectivity index (χ0v) is 9.44. The summed E-state index contributed by atoms with van der Waals surface area (Å²) in [7, 11) is 0. The normalized spacial score (nSPS) is 9.90. The van der Waals surface area contributed by atoms with Gasteiger partial charge < -0.3 is 0 Å². The van der Waals surface area contributed by atoms with Crippen molar-refractivity contribution in [3.05, 3.63) is 31.8 Å². The number of hydrogen-bond acceptors (Lipinski definition) is 0. The molecule has 0 aliphatic rings. The third-order valence-electron chi connectivity index (χ3n) is 1.39. The highest BCUT2D eigenvalue weighted by Crippen LogP contribution is 2.19. The summed E-state index contributed by atoms with van der Waals surface area (Å²) < 4.78 is 2.52. The highest BCUT2D eigenvalue weighted by Gasteiger charge is 1.95. The maximum Gasteiger partial charge on any atom is 0.0207 e. The molecule has 0 aliphatic carbocycles. The van der Waals surface area contributed by atoms with Crippen LogP contribution < -0.4 is 0 Å². The molecule has 1 aromatic rings. The van der Waals surface area contributed by atoms with Gasteiger partial charge in [0.2, 0.25) is 0 Å². The molecule has 0 aromatic heterocycles. The van der Waals surface area contributed by atoms with Crippen molar-refractivity contribution in [3.63, 3.8) is 0 Å². The summed E-state index contributed by atoms with van der Waals surface area (Å²) in [4.78, 5) is 0. The average molecular weight is 311 g/mol. The fourth-order valence-corrected chi connectivity index (χ4v) is 1.90. The molecule has 2 heteroatoms. The molecule has 0 atom stereocenters. The van der Waals surface area contributed by atoms with Crippen LogP contribution in [0.3, 0.4) is 0 Å². The molecule has 0 spiro atoms. The molecule has 0 saturated carbocycles. The van der Waals surface area contributed by atoms with Gasteiger partial charge in [-0.25, -0.2) is 0 Å². The molecule has 10 heavy (non-hydrogen) atoms. The summed E-state index contributed by atoms with van der Waals surface area (Å²) in [6.07, 6.45) is 1.09. The van der Waals surface area contributed by atoms with Crippen LogP contribution in [0.2, 0.25) is 0 Å². The van der Waals surface area contributed by atoms with Crippen LogP contribution in [0.15, 0.2) is 22.7 Å². The van der Waals surface area contributed by atoms with Gasteiger partial charge in [0.1, 0.15) is 0 Å². The molecule has 0 amide bonds. The topological polar surface area (TPSA) is 0 Å². The largest absolute Gasteiger partial charge is 0.0613 e. The van der Waals surface area contributed by atoms with Crippen molar-refractivity contribution in [2.45, 2.75) is 13.3 Å². The number of halogens is 2. The van der Waals surface area contributed by atoms with Crippen LogP contribution >= 0.6 is 38.5 Å². The van der Waals surface area contributed by atoms with E-state index in [1.807, 2.05) is 0 Å². The molecule has 0 radical (unpaired) electrons. The predicted octanol–water partition coefficient (Wildman–Crippen LogP) is 3.62. The Morgan fingerprint density at radius 3 is 2.70 bits per heavy atom. The van der Waals surface area contributed by atoms with Crippen molar-refractivity contribution in [1.82, 2.24) is 0 Å². The quantitative estimate of drug-likeness (QED) is 0.695. The van der Waals surface area contributed by atoms with Crippen LogP contribution in [-0.4, -0.2) is 0 Å². The Morgan fingerprint density at radius 2 is 2.20 bits per heavy atom. The molecule has 0 saturated heterocycles. The Bertz CT molecular complexity index is 233. The minimum atomic E-state index is 1.09. The molecule has 0 bridgehead atoms. The van der Waals surface area contributed by atoms with Gasteiger partial charge in [0.15, 0.2) is 0 Å². The van der Waals surface area contributed by atoms with Gasteiger partial charge in [-0.15, -0.1) is 0 Å². The minimum Gasteiger partial charge on any atom is -0.0613 e. The fourth-order valence-electron chi connectivity index (χ4n) is 0.814. The van der Waals surface area contributed by atoms with Crippen LogP contribution in [0.1, 0.15) is 12.5 Å². The van der Waals surface area contributed by atoms with E-state index in [2.05, 4.69) is 63.6 Å². The minimum absolute atomic E-state index is 1.09. The van der Waals surface area contributed by atoms with E-state index < -0.39 is 0 Å². The lowest BCUT2D eigenvalue weighted by Gasteiger charge is -1.99. The van der Waals surface area contributed by atoms with Gasteiger partial charge in [-0.1, -0.05) is 22.9 Å². The lowest BCUT2D eigenvalue weighted by Crippen LogP contribution is -1.82. The van der Waals surface area contributed by atoms with E-state index in [4.69, 9.17) is 0 Å². The summed E-state index contributed by atoms with van der Waals surface area (Å²) in [5.74, 6) is 0. The van der Waals surface area contributed by atoms with Crippen LogP contribution in [0.4, 0.5) is 0 Å². The first-order chi connectivity index (χ1) is 4.74. The second-order valence-corrected chi connectivity index (χ2v) is 4.19. The maximum atomic E-state index is 3.49. The number of benzene rings is 1.